The van der Waals surface area contributed by atoms with Gasteiger partial charge in [-0.05, 0) is 66.6 Å². The van der Waals surface area contributed by atoms with E-state index in [0.717, 1.165) is 12.1 Å². The Bertz CT molecular complexity index is 1240. The minimum atomic E-state index is -4.44. The molecule has 0 heterocycles. The van der Waals surface area contributed by atoms with Crippen molar-refractivity contribution in [3.05, 3.63) is 89.0 Å². The van der Waals surface area contributed by atoms with Crippen LogP contribution >= 0.6 is 0 Å². The number of methoxy groups -OCH3 is 1. The van der Waals surface area contributed by atoms with E-state index in [9.17, 15) is 26.4 Å². The number of anilines is 1. The lowest BCUT2D eigenvalue weighted by atomic mass is 10.1. The molecule has 33 heavy (non-hydrogen) atoms. The van der Waals surface area contributed by atoms with E-state index in [1.54, 1.807) is 31.2 Å². The minimum absolute atomic E-state index is 0.0164. The molecule has 0 aliphatic carbocycles. The summed E-state index contributed by atoms with van der Waals surface area (Å²) in [5.41, 5.74) is 0.696. The van der Waals surface area contributed by atoms with Crippen molar-refractivity contribution >= 4 is 21.6 Å². The van der Waals surface area contributed by atoms with Crippen molar-refractivity contribution in [2.75, 3.05) is 11.8 Å². The van der Waals surface area contributed by atoms with E-state index in [1.165, 1.54) is 37.4 Å². The molecule has 0 bridgehead atoms. The maximum atomic E-state index is 12.8. The third-order valence-corrected chi connectivity index (χ3v) is 6.22. The third kappa shape index (κ3) is 6.04. The Labute approximate surface area is 189 Å². The van der Waals surface area contributed by atoms with Crippen molar-refractivity contribution in [1.29, 1.82) is 0 Å². The zero-order valence-corrected chi connectivity index (χ0v) is 18.5. The van der Waals surface area contributed by atoms with Crippen LogP contribution in [0, 0.1) is 6.92 Å². The smallest absolute Gasteiger partial charge is 0.416 e. The van der Waals surface area contributed by atoms with Gasteiger partial charge in [0.05, 0.1) is 17.6 Å². The highest BCUT2D eigenvalue weighted by Crippen LogP contribution is 2.29. The molecule has 3 aromatic rings. The van der Waals surface area contributed by atoms with Gasteiger partial charge in [-0.15, -0.1) is 0 Å². The van der Waals surface area contributed by atoms with Gasteiger partial charge in [-0.1, -0.05) is 18.2 Å². The molecule has 3 aromatic carbocycles. The van der Waals surface area contributed by atoms with Gasteiger partial charge in [0.1, 0.15) is 5.75 Å². The molecule has 6 nitrogen and oxygen atoms in total. The summed E-state index contributed by atoms with van der Waals surface area (Å²) in [7, 11) is -2.47. The number of carbonyl (C=O) groups is 1. The predicted molar refractivity (Wildman–Crippen MR) is 118 cm³/mol. The number of aryl methyl sites for hydroxylation is 1. The van der Waals surface area contributed by atoms with Crippen LogP contribution in [0.25, 0.3) is 0 Å². The maximum absolute atomic E-state index is 12.8. The molecule has 0 aliphatic rings. The van der Waals surface area contributed by atoms with Gasteiger partial charge in [0, 0.05) is 17.8 Å². The van der Waals surface area contributed by atoms with Crippen LogP contribution in [0.3, 0.4) is 0 Å². The maximum Gasteiger partial charge on any atom is 0.416 e. The van der Waals surface area contributed by atoms with Crippen molar-refractivity contribution in [3.8, 4) is 5.75 Å². The molecule has 3 rings (SSSR count). The Hall–Kier alpha value is -3.53. The first-order chi connectivity index (χ1) is 15.5. The molecule has 0 saturated heterocycles. The molecule has 0 spiro atoms. The average Bonchev–Trinajstić information content (AvgIpc) is 2.77. The molecule has 0 fully saturated rings. The van der Waals surface area contributed by atoms with Crippen LogP contribution < -0.4 is 14.8 Å². The monoisotopic (exact) mass is 478 g/mol. The van der Waals surface area contributed by atoms with E-state index >= 15 is 0 Å². The third-order valence-electron chi connectivity index (χ3n) is 4.84. The normalized spacial score (nSPS) is 11.7. The van der Waals surface area contributed by atoms with Crippen LogP contribution in [0.15, 0.2) is 71.6 Å². The number of alkyl halides is 3. The molecule has 0 unspecified atom stereocenters. The molecular weight excluding hydrogens is 457 g/mol. The molecule has 0 atom stereocenters. The molecule has 1 amide bonds. The summed E-state index contributed by atoms with van der Waals surface area (Å²) in [5, 5.41) is 2.61. The Morgan fingerprint density at radius 1 is 0.970 bits per heavy atom. The van der Waals surface area contributed by atoms with E-state index in [1.807, 2.05) is 0 Å². The average molecular weight is 478 g/mol. The lowest BCUT2D eigenvalue weighted by Crippen LogP contribution is -2.24. The highest BCUT2D eigenvalue weighted by molar-refractivity contribution is 7.92. The summed E-state index contributed by atoms with van der Waals surface area (Å²) in [6, 6.07) is 14.9. The fraction of sp³-hybridized carbons (Fsp3) is 0.174. The van der Waals surface area contributed by atoms with E-state index in [0.29, 0.717) is 22.6 Å². The zero-order chi connectivity index (χ0) is 24.2. The van der Waals surface area contributed by atoms with E-state index in [-0.39, 0.29) is 17.0 Å². The number of carbonyl (C=O) groups excluding carboxylic acids is 1. The zero-order valence-electron chi connectivity index (χ0n) is 17.7. The predicted octanol–water partition coefficient (Wildman–Crippen LogP) is 4.75. The Morgan fingerprint density at radius 3 is 2.18 bits per heavy atom. The van der Waals surface area contributed by atoms with Crippen molar-refractivity contribution in [3.63, 3.8) is 0 Å². The summed E-state index contributed by atoms with van der Waals surface area (Å²) in [4.78, 5) is 12.5. The molecule has 0 aromatic heterocycles. The van der Waals surface area contributed by atoms with Crippen molar-refractivity contribution in [2.45, 2.75) is 24.5 Å². The van der Waals surface area contributed by atoms with Gasteiger partial charge in [0.15, 0.2) is 0 Å². The SMILES string of the molecule is COc1ccc(NS(=O)(=O)c2ccc(C)c(C(=O)NCc3ccc(C(F)(F)F)cc3)c2)cc1. The summed E-state index contributed by atoms with van der Waals surface area (Å²) in [6.45, 7) is 1.64. The highest BCUT2D eigenvalue weighted by Gasteiger charge is 2.29. The number of halogens is 3. The highest BCUT2D eigenvalue weighted by atomic mass is 32.2. The summed E-state index contributed by atoms with van der Waals surface area (Å²) >= 11 is 0. The van der Waals surface area contributed by atoms with Crippen molar-refractivity contribution in [2.24, 2.45) is 0 Å². The van der Waals surface area contributed by atoms with Crippen LogP contribution in [-0.4, -0.2) is 21.4 Å². The number of hydrogen-bond acceptors (Lipinski definition) is 4. The van der Waals surface area contributed by atoms with Gasteiger partial charge in [-0.25, -0.2) is 8.42 Å². The van der Waals surface area contributed by atoms with Crippen LogP contribution in [0.5, 0.6) is 5.75 Å². The molecule has 0 saturated carbocycles. The number of hydrogen-bond donors (Lipinski definition) is 2. The van der Waals surface area contributed by atoms with E-state index < -0.39 is 27.7 Å². The molecular formula is C23H21F3N2O4S. The fourth-order valence-corrected chi connectivity index (χ4v) is 4.06. The molecule has 0 radical (unpaired) electrons. The number of sulfonamides is 1. The van der Waals surface area contributed by atoms with Gasteiger partial charge in [-0.3, -0.25) is 9.52 Å². The lowest BCUT2D eigenvalue weighted by molar-refractivity contribution is -0.137. The standard InChI is InChI=1S/C23H21F3N2O4S/c1-15-3-12-20(33(30,31)28-18-8-10-19(32-2)11-9-18)13-21(15)22(29)27-14-16-4-6-17(7-5-16)23(24,25)26/h3-13,28H,14H2,1-2H3,(H,27,29). The first-order valence-corrected chi connectivity index (χ1v) is 11.2. The Morgan fingerprint density at radius 2 is 1.61 bits per heavy atom. The van der Waals surface area contributed by atoms with Gasteiger partial charge >= 0.3 is 6.18 Å². The molecule has 10 heteroatoms. The fourth-order valence-electron chi connectivity index (χ4n) is 2.98. The lowest BCUT2D eigenvalue weighted by Gasteiger charge is -2.12. The molecule has 174 valence electrons. The summed E-state index contributed by atoms with van der Waals surface area (Å²) in [6.07, 6.45) is -4.44. The second-order valence-corrected chi connectivity index (χ2v) is 8.87. The van der Waals surface area contributed by atoms with Crippen LogP contribution in [0.1, 0.15) is 27.0 Å². The quantitative estimate of drug-likeness (QED) is 0.513. The molecule has 0 aliphatic heterocycles. The second kappa shape index (κ2) is 9.53. The Balaban J connectivity index is 1.73. The molecule has 2 N–H and O–H groups in total. The minimum Gasteiger partial charge on any atom is -0.497 e. The van der Waals surface area contributed by atoms with Crippen LogP contribution in [0.2, 0.25) is 0 Å². The van der Waals surface area contributed by atoms with E-state index in [2.05, 4.69) is 10.0 Å². The number of rotatable bonds is 7. The number of amides is 1. The van der Waals surface area contributed by atoms with Gasteiger partial charge in [0.2, 0.25) is 0 Å². The number of benzene rings is 3. The van der Waals surface area contributed by atoms with Gasteiger partial charge < -0.3 is 10.1 Å². The first-order valence-electron chi connectivity index (χ1n) is 9.71. The van der Waals surface area contributed by atoms with Gasteiger partial charge in [-0.2, -0.15) is 13.2 Å². The van der Waals surface area contributed by atoms with Crippen molar-refractivity contribution < 1.29 is 31.1 Å². The number of nitrogens with one attached hydrogen (secondary N) is 2. The number of ether oxygens (including phenoxy) is 1. The van der Waals surface area contributed by atoms with Crippen molar-refractivity contribution in [1.82, 2.24) is 5.32 Å². The first kappa shape index (κ1) is 24.1. The van der Waals surface area contributed by atoms with Gasteiger partial charge in [0.25, 0.3) is 15.9 Å². The van der Waals surface area contributed by atoms with Crippen LogP contribution in [-0.2, 0) is 22.7 Å². The topological polar surface area (TPSA) is 84.5 Å². The summed E-state index contributed by atoms with van der Waals surface area (Å²) < 4.78 is 71.0. The largest absolute Gasteiger partial charge is 0.497 e. The summed E-state index contributed by atoms with van der Waals surface area (Å²) in [5.74, 6) is 0.0224. The van der Waals surface area contributed by atoms with Crippen LogP contribution in [0.4, 0.5) is 18.9 Å². The second-order valence-electron chi connectivity index (χ2n) is 7.19. The Kier molecular flexibility index (Phi) is 6.97. The van der Waals surface area contributed by atoms with E-state index in [4.69, 9.17) is 4.74 Å².